The summed E-state index contributed by atoms with van der Waals surface area (Å²) in [5.74, 6) is 0.368. The Labute approximate surface area is 113 Å². The number of fused-ring (bicyclic) bond motifs is 1. The third kappa shape index (κ3) is 2.31. The molecule has 2 aromatic rings. The van der Waals surface area contributed by atoms with Crippen molar-refractivity contribution in [3.63, 3.8) is 0 Å². The Hall–Kier alpha value is -1.83. The van der Waals surface area contributed by atoms with E-state index in [9.17, 15) is 13.2 Å². The Morgan fingerprint density at radius 1 is 1.40 bits per heavy atom. The van der Waals surface area contributed by atoms with Crippen LogP contribution >= 0.6 is 0 Å². The Bertz CT molecular complexity index is 630. The number of nitrogens with one attached hydrogen (secondary N) is 1. The normalized spacial score (nSPS) is 18.0. The van der Waals surface area contributed by atoms with E-state index < -0.39 is 11.9 Å². The summed E-state index contributed by atoms with van der Waals surface area (Å²) in [6.45, 7) is 0.492. The number of hydrogen-bond acceptors (Lipinski definition) is 4. The third-order valence-electron chi connectivity index (χ3n) is 3.64. The van der Waals surface area contributed by atoms with E-state index in [0.717, 1.165) is 25.3 Å². The van der Waals surface area contributed by atoms with Gasteiger partial charge in [0.05, 0.1) is 0 Å². The Balaban J connectivity index is 1.88. The molecule has 3 N–H and O–H groups in total. The van der Waals surface area contributed by atoms with E-state index >= 15 is 0 Å². The minimum Gasteiger partial charge on any atom is -0.366 e. The molecule has 0 atom stereocenters. The van der Waals surface area contributed by atoms with E-state index in [4.69, 9.17) is 5.73 Å². The molecule has 1 fully saturated rings. The van der Waals surface area contributed by atoms with E-state index in [1.807, 2.05) is 0 Å². The molecular formula is C12H14F3N5. The zero-order chi connectivity index (χ0) is 14.4. The van der Waals surface area contributed by atoms with Crippen LogP contribution in [0.1, 0.15) is 25.0 Å². The molecular weight excluding hydrogens is 271 g/mol. The van der Waals surface area contributed by atoms with Gasteiger partial charge in [-0.3, -0.25) is 0 Å². The highest BCUT2D eigenvalue weighted by molar-refractivity contribution is 5.68. The maximum Gasteiger partial charge on any atom is 0.435 e. The van der Waals surface area contributed by atoms with E-state index in [0.29, 0.717) is 17.9 Å². The van der Waals surface area contributed by atoms with Gasteiger partial charge in [0.15, 0.2) is 11.5 Å². The first-order valence-electron chi connectivity index (χ1n) is 6.32. The maximum absolute atomic E-state index is 12.7. The van der Waals surface area contributed by atoms with Gasteiger partial charge in [0.1, 0.15) is 5.52 Å². The summed E-state index contributed by atoms with van der Waals surface area (Å²) in [4.78, 5) is 4.07. The lowest BCUT2D eigenvalue weighted by Crippen LogP contribution is -2.52. The van der Waals surface area contributed by atoms with Crippen LogP contribution in [0.5, 0.6) is 0 Å². The van der Waals surface area contributed by atoms with Gasteiger partial charge < -0.3 is 11.1 Å². The zero-order valence-electron chi connectivity index (χ0n) is 10.6. The van der Waals surface area contributed by atoms with Crippen LogP contribution in [-0.4, -0.2) is 26.7 Å². The predicted molar refractivity (Wildman–Crippen MR) is 67.2 cm³/mol. The van der Waals surface area contributed by atoms with Crippen molar-refractivity contribution < 1.29 is 13.2 Å². The molecule has 5 nitrogen and oxygen atoms in total. The first-order valence-corrected chi connectivity index (χ1v) is 6.32. The number of aromatic nitrogens is 3. The van der Waals surface area contributed by atoms with Crippen LogP contribution in [0.4, 0.5) is 19.0 Å². The molecule has 8 heteroatoms. The van der Waals surface area contributed by atoms with Crippen LogP contribution in [-0.2, 0) is 6.18 Å². The molecule has 0 radical (unpaired) electrons. The lowest BCUT2D eigenvalue weighted by molar-refractivity contribution is -0.141. The summed E-state index contributed by atoms with van der Waals surface area (Å²) >= 11 is 0. The van der Waals surface area contributed by atoms with Gasteiger partial charge in [-0.05, 0) is 19.3 Å². The van der Waals surface area contributed by atoms with E-state index in [-0.39, 0.29) is 5.54 Å². The molecule has 2 heterocycles. The van der Waals surface area contributed by atoms with Crippen molar-refractivity contribution in [3.8, 4) is 0 Å². The number of nitrogens with zero attached hydrogens (tertiary/aromatic N) is 3. The van der Waals surface area contributed by atoms with E-state index in [2.05, 4.69) is 15.4 Å². The molecule has 0 spiro atoms. The van der Waals surface area contributed by atoms with Crippen LogP contribution in [0.15, 0.2) is 18.5 Å². The molecule has 3 rings (SSSR count). The van der Waals surface area contributed by atoms with Crippen LogP contribution in [0.2, 0.25) is 0 Å². The minimum absolute atomic E-state index is 0.276. The molecule has 0 bridgehead atoms. The SMILES string of the molecule is NC1(CNc2nccn3nc(C(F)(F)F)cc23)CCC1. The molecule has 1 aliphatic carbocycles. The molecule has 0 aromatic carbocycles. The third-order valence-corrected chi connectivity index (χ3v) is 3.64. The number of halogens is 3. The quantitative estimate of drug-likeness (QED) is 0.905. The summed E-state index contributed by atoms with van der Waals surface area (Å²) in [6.07, 6.45) is 1.24. The molecule has 1 aliphatic rings. The smallest absolute Gasteiger partial charge is 0.366 e. The zero-order valence-corrected chi connectivity index (χ0v) is 10.6. The van der Waals surface area contributed by atoms with Crippen molar-refractivity contribution in [1.82, 2.24) is 14.6 Å². The van der Waals surface area contributed by atoms with Gasteiger partial charge in [0.2, 0.25) is 0 Å². The molecule has 0 saturated heterocycles. The van der Waals surface area contributed by atoms with Gasteiger partial charge in [-0.2, -0.15) is 18.3 Å². The number of anilines is 1. The van der Waals surface area contributed by atoms with Crippen molar-refractivity contribution >= 4 is 11.3 Å². The van der Waals surface area contributed by atoms with Gasteiger partial charge in [0, 0.05) is 30.5 Å². The van der Waals surface area contributed by atoms with Gasteiger partial charge >= 0.3 is 6.18 Å². The molecule has 0 aliphatic heterocycles. The lowest BCUT2D eigenvalue weighted by atomic mass is 9.78. The summed E-state index contributed by atoms with van der Waals surface area (Å²) < 4.78 is 39.1. The molecule has 20 heavy (non-hydrogen) atoms. The second kappa shape index (κ2) is 4.34. The minimum atomic E-state index is -4.47. The van der Waals surface area contributed by atoms with Crippen LogP contribution < -0.4 is 11.1 Å². The van der Waals surface area contributed by atoms with Gasteiger partial charge in [0.25, 0.3) is 0 Å². The summed E-state index contributed by atoms with van der Waals surface area (Å²) in [6, 6.07) is 0.985. The molecule has 0 unspecified atom stereocenters. The van der Waals surface area contributed by atoms with Gasteiger partial charge in [-0.15, -0.1) is 0 Å². The predicted octanol–water partition coefficient (Wildman–Crippen LogP) is 2.04. The van der Waals surface area contributed by atoms with E-state index in [1.54, 1.807) is 0 Å². The number of rotatable bonds is 3. The van der Waals surface area contributed by atoms with Crippen LogP contribution in [0, 0.1) is 0 Å². The van der Waals surface area contributed by atoms with Crippen molar-refractivity contribution in [3.05, 3.63) is 24.2 Å². The molecule has 108 valence electrons. The number of nitrogens with two attached hydrogens (primary N) is 1. The highest BCUT2D eigenvalue weighted by Gasteiger charge is 2.35. The van der Waals surface area contributed by atoms with Gasteiger partial charge in [-0.1, -0.05) is 0 Å². The topological polar surface area (TPSA) is 68.2 Å². The highest BCUT2D eigenvalue weighted by atomic mass is 19.4. The second-order valence-corrected chi connectivity index (χ2v) is 5.20. The Morgan fingerprint density at radius 3 is 2.75 bits per heavy atom. The fourth-order valence-electron chi connectivity index (χ4n) is 2.26. The van der Waals surface area contributed by atoms with Crippen LogP contribution in [0.25, 0.3) is 5.52 Å². The van der Waals surface area contributed by atoms with Crippen molar-refractivity contribution in [2.45, 2.75) is 31.0 Å². The lowest BCUT2D eigenvalue weighted by Gasteiger charge is -2.38. The van der Waals surface area contributed by atoms with Crippen molar-refractivity contribution in [1.29, 1.82) is 0 Å². The average Bonchev–Trinajstić information content (AvgIpc) is 2.78. The fraction of sp³-hybridized carbons (Fsp3) is 0.500. The second-order valence-electron chi connectivity index (χ2n) is 5.20. The van der Waals surface area contributed by atoms with E-state index in [1.165, 1.54) is 16.9 Å². The summed E-state index contributed by atoms with van der Waals surface area (Å²) in [5, 5.41) is 6.53. The summed E-state index contributed by atoms with van der Waals surface area (Å²) in [7, 11) is 0. The summed E-state index contributed by atoms with van der Waals surface area (Å²) in [5.41, 5.74) is 5.16. The molecule has 2 aromatic heterocycles. The Morgan fingerprint density at radius 2 is 2.15 bits per heavy atom. The molecule has 1 saturated carbocycles. The fourth-order valence-corrected chi connectivity index (χ4v) is 2.26. The van der Waals surface area contributed by atoms with Crippen molar-refractivity contribution in [2.75, 3.05) is 11.9 Å². The monoisotopic (exact) mass is 285 g/mol. The molecule has 0 amide bonds. The standard InChI is InChI=1S/C12H14F3N5/c13-12(14,15)9-6-8-10(17-4-5-20(8)19-9)18-7-11(16)2-1-3-11/h4-6H,1-3,7,16H2,(H,17,18). The van der Waals surface area contributed by atoms with Crippen LogP contribution in [0.3, 0.4) is 0 Å². The maximum atomic E-state index is 12.7. The first kappa shape index (κ1) is 13.2. The average molecular weight is 285 g/mol. The number of alkyl halides is 3. The first-order chi connectivity index (χ1) is 9.37. The Kier molecular flexibility index (Phi) is 2.86. The largest absolute Gasteiger partial charge is 0.435 e. The van der Waals surface area contributed by atoms with Crippen molar-refractivity contribution in [2.24, 2.45) is 5.73 Å². The highest BCUT2D eigenvalue weighted by Crippen LogP contribution is 2.31. The van der Waals surface area contributed by atoms with Gasteiger partial charge in [-0.25, -0.2) is 9.50 Å². The number of hydrogen-bond donors (Lipinski definition) is 2.